The number of methoxy groups -OCH3 is 1. The molecule has 1 aromatic heterocycles. The van der Waals surface area contributed by atoms with E-state index in [1.54, 1.807) is 23.9 Å². The summed E-state index contributed by atoms with van der Waals surface area (Å²) in [6.45, 7) is 0.330. The highest BCUT2D eigenvalue weighted by molar-refractivity contribution is 6.30. The molecule has 1 heterocycles. The van der Waals surface area contributed by atoms with E-state index in [2.05, 4.69) is 5.10 Å². The van der Waals surface area contributed by atoms with E-state index in [0.29, 0.717) is 17.2 Å². The smallest absolute Gasteiger partial charge is 0.153 e. The normalized spacial score (nSPS) is 10.5. The lowest BCUT2D eigenvalue weighted by Crippen LogP contribution is -2.04. The summed E-state index contributed by atoms with van der Waals surface area (Å²) < 4.78 is 6.74. The molecule has 0 bridgehead atoms. The number of aromatic nitrogens is 2. The molecule has 0 aliphatic heterocycles. The Morgan fingerprint density at radius 2 is 2.12 bits per heavy atom. The van der Waals surface area contributed by atoms with Gasteiger partial charge in [-0.2, -0.15) is 5.10 Å². The van der Waals surface area contributed by atoms with Gasteiger partial charge in [-0.1, -0.05) is 11.6 Å². The molecule has 0 N–H and O–H groups in total. The van der Waals surface area contributed by atoms with Crippen molar-refractivity contribution in [2.75, 3.05) is 7.11 Å². The van der Waals surface area contributed by atoms with Crippen molar-refractivity contribution in [3.8, 4) is 5.69 Å². The summed E-state index contributed by atoms with van der Waals surface area (Å²) in [5, 5.41) is 4.83. The number of halogens is 1. The molecule has 0 unspecified atom stereocenters. The van der Waals surface area contributed by atoms with Crippen LogP contribution in [0.2, 0.25) is 5.02 Å². The average molecular weight is 251 g/mol. The van der Waals surface area contributed by atoms with Crippen molar-refractivity contribution in [3.05, 3.63) is 46.7 Å². The van der Waals surface area contributed by atoms with Crippen LogP contribution in [0.25, 0.3) is 5.69 Å². The Hall–Kier alpha value is -1.65. The molecule has 2 aromatic rings. The maximum Gasteiger partial charge on any atom is 0.153 e. The first-order chi connectivity index (χ1) is 8.26. The third kappa shape index (κ3) is 2.38. The van der Waals surface area contributed by atoms with E-state index in [-0.39, 0.29) is 0 Å². The topological polar surface area (TPSA) is 44.1 Å². The molecule has 0 aliphatic rings. The van der Waals surface area contributed by atoms with Crippen LogP contribution in [-0.4, -0.2) is 23.2 Å². The van der Waals surface area contributed by atoms with Crippen LogP contribution >= 0.6 is 11.6 Å². The first-order valence-electron chi connectivity index (χ1n) is 5.03. The summed E-state index contributed by atoms with van der Waals surface area (Å²) in [4.78, 5) is 10.9. The monoisotopic (exact) mass is 250 g/mol. The van der Waals surface area contributed by atoms with Crippen LogP contribution in [0.15, 0.2) is 30.5 Å². The average Bonchev–Trinajstić information content (AvgIpc) is 2.74. The molecule has 0 radical (unpaired) electrons. The van der Waals surface area contributed by atoms with E-state index >= 15 is 0 Å². The van der Waals surface area contributed by atoms with Crippen molar-refractivity contribution < 1.29 is 9.53 Å². The molecule has 0 spiro atoms. The minimum atomic E-state index is 0.330. The van der Waals surface area contributed by atoms with Gasteiger partial charge in [-0.25, -0.2) is 4.68 Å². The van der Waals surface area contributed by atoms with E-state index in [0.717, 1.165) is 17.7 Å². The van der Waals surface area contributed by atoms with E-state index in [4.69, 9.17) is 16.3 Å². The van der Waals surface area contributed by atoms with Crippen LogP contribution in [0.1, 0.15) is 16.1 Å². The first kappa shape index (κ1) is 11.8. The highest BCUT2D eigenvalue weighted by atomic mass is 35.5. The number of carbonyl (C=O) groups is 1. The molecule has 0 aliphatic carbocycles. The van der Waals surface area contributed by atoms with Gasteiger partial charge in [0.1, 0.15) is 0 Å². The highest BCUT2D eigenvalue weighted by Gasteiger charge is 2.11. The minimum absolute atomic E-state index is 0.330. The van der Waals surface area contributed by atoms with E-state index in [1.807, 2.05) is 12.1 Å². The Balaban J connectivity index is 2.47. The van der Waals surface area contributed by atoms with Gasteiger partial charge in [-0.05, 0) is 24.3 Å². The van der Waals surface area contributed by atoms with Gasteiger partial charge in [-0.15, -0.1) is 0 Å². The van der Waals surface area contributed by atoms with Gasteiger partial charge in [0.2, 0.25) is 0 Å². The van der Waals surface area contributed by atoms with E-state index in [1.165, 1.54) is 6.20 Å². The fraction of sp³-hybridized carbons (Fsp3) is 0.167. The number of hydrogen-bond donors (Lipinski definition) is 0. The molecule has 2 rings (SSSR count). The Kier molecular flexibility index (Phi) is 3.56. The van der Waals surface area contributed by atoms with Crippen LogP contribution in [0, 0.1) is 0 Å². The highest BCUT2D eigenvalue weighted by Crippen LogP contribution is 2.17. The van der Waals surface area contributed by atoms with Gasteiger partial charge in [-0.3, -0.25) is 4.79 Å². The summed E-state index contributed by atoms with van der Waals surface area (Å²) in [6.07, 6.45) is 2.30. The van der Waals surface area contributed by atoms with Gasteiger partial charge in [0.05, 0.1) is 29.7 Å². The molecule has 0 atom stereocenters. The minimum Gasteiger partial charge on any atom is -0.378 e. The summed E-state index contributed by atoms with van der Waals surface area (Å²) >= 11 is 5.82. The summed E-state index contributed by atoms with van der Waals surface area (Å²) in [6, 6.07) is 7.22. The predicted molar refractivity (Wildman–Crippen MR) is 64.7 cm³/mol. The van der Waals surface area contributed by atoms with E-state index < -0.39 is 0 Å². The lowest BCUT2D eigenvalue weighted by atomic mass is 10.2. The number of benzene rings is 1. The van der Waals surface area contributed by atoms with Gasteiger partial charge in [0, 0.05) is 12.1 Å². The lowest BCUT2D eigenvalue weighted by Gasteiger charge is -2.07. The van der Waals surface area contributed by atoms with Gasteiger partial charge < -0.3 is 4.74 Å². The maximum absolute atomic E-state index is 10.9. The lowest BCUT2D eigenvalue weighted by molar-refractivity contribution is 0.111. The van der Waals surface area contributed by atoms with Crippen molar-refractivity contribution in [3.63, 3.8) is 0 Å². The molecule has 0 saturated carbocycles. The number of aldehydes is 1. The number of ether oxygens (including phenoxy) is 1. The molecule has 4 nitrogen and oxygen atoms in total. The Bertz CT molecular complexity index is 520. The SMILES string of the molecule is COCc1c(C=O)cnn1-c1ccc(Cl)cc1. The zero-order valence-corrected chi connectivity index (χ0v) is 10.0. The largest absolute Gasteiger partial charge is 0.378 e. The third-order valence-electron chi connectivity index (χ3n) is 2.38. The van der Waals surface area contributed by atoms with Gasteiger partial charge >= 0.3 is 0 Å². The molecule has 0 fully saturated rings. The van der Waals surface area contributed by atoms with Crippen molar-refractivity contribution in [2.45, 2.75) is 6.61 Å². The quantitative estimate of drug-likeness (QED) is 0.783. The maximum atomic E-state index is 10.9. The fourth-order valence-corrected chi connectivity index (χ4v) is 1.70. The second-order valence-corrected chi connectivity index (χ2v) is 3.92. The van der Waals surface area contributed by atoms with Crippen molar-refractivity contribution >= 4 is 17.9 Å². The van der Waals surface area contributed by atoms with Crippen LogP contribution in [0.3, 0.4) is 0 Å². The molecule has 17 heavy (non-hydrogen) atoms. The van der Waals surface area contributed by atoms with Crippen molar-refractivity contribution in [1.82, 2.24) is 9.78 Å². The molecule has 0 saturated heterocycles. The van der Waals surface area contributed by atoms with Crippen LogP contribution in [-0.2, 0) is 11.3 Å². The zero-order valence-electron chi connectivity index (χ0n) is 9.26. The fourth-order valence-electron chi connectivity index (χ4n) is 1.57. The number of carbonyl (C=O) groups excluding carboxylic acids is 1. The Labute approximate surface area is 104 Å². The van der Waals surface area contributed by atoms with Crippen LogP contribution in [0.5, 0.6) is 0 Å². The number of hydrogen-bond acceptors (Lipinski definition) is 3. The second kappa shape index (κ2) is 5.12. The second-order valence-electron chi connectivity index (χ2n) is 3.49. The summed E-state index contributed by atoms with van der Waals surface area (Å²) in [5.74, 6) is 0. The Morgan fingerprint density at radius 1 is 1.41 bits per heavy atom. The Morgan fingerprint density at radius 3 is 2.71 bits per heavy atom. The van der Waals surface area contributed by atoms with Crippen LogP contribution < -0.4 is 0 Å². The van der Waals surface area contributed by atoms with Crippen LogP contribution in [0.4, 0.5) is 0 Å². The van der Waals surface area contributed by atoms with Crippen molar-refractivity contribution in [2.24, 2.45) is 0 Å². The first-order valence-corrected chi connectivity index (χ1v) is 5.41. The molecule has 0 amide bonds. The summed E-state index contributed by atoms with van der Waals surface area (Å²) in [7, 11) is 1.58. The zero-order chi connectivity index (χ0) is 12.3. The van der Waals surface area contributed by atoms with Crippen molar-refractivity contribution in [1.29, 1.82) is 0 Å². The molecular formula is C12H11ClN2O2. The number of nitrogens with zero attached hydrogens (tertiary/aromatic N) is 2. The van der Waals surface area contributed by atoms with E-state index in [9.17, 15) is 4.79 Å². The molecular weight excluding hydrogens is 240 g/mol. The number of rotatable bonds is 4. The predicted octanol–water partition coefficient (Wildman–Crippen LogP) is 2.48. The third-order valence-corrected chi connectivity index (χ3v) is 2.63. The van der Waals surface area contributed by atoms with Gasteiger partial charge in [0.15, 0.2) is 6.29 Å². The molecule has 88 valence electrons. The van der Waals surface area contributed by atoms with Gasteiger partial charge in [0.25, 0.3) is 0 Å². The standard InChI is InChI=1S/C12H11ClN2O2/c1-17-8-12-9(7-16)6-14-15(12)11-4-2-10(13)3-5-11/h2-7H,8H2,1H3. The summed E-state index contributed by atoms with van der Waals surface area (Å²) in [5.41, 5.74) is 2.10. The molecule has 5 heteroatoms. The molecule has 1 aromatic carbocycles.